The van der Waals surface area contributed by atoms with E-state index in [0.717, 1.165) is 79.6 Å². The third-order valence-electron chi connectivity index (χ3n) is 6.66. The highest BCUT2D eigenvalue weighted by Gasteiger charge is 2.28. The molecule has 5 heterocycles. The van der Waals surface area contributed by atoms with E-state index in [1.165, 1.54) is 6.07 Å². The second kappa shape index (κ2) is 8.46. The lowest BCUT2D eigenvalue weighted by atomic mass is 10.0. The zero-order chi connectivity index (χ0) is 22.2. The first kappa shape index (κ1) is 20.1. The molecule has 3 aromatic heterocycles. The summed E-state index contributed by atoms with van der Waals surface area (Å²) in [5, 5.41) is 4.96. The molecule has 1 aromatic carbocycles. The number of aromatic nitrogens is 4. The number of rotatable bonds is 4. The van der Waals surface area contributed by atoms with Gasteiger partial charge in [0, 0.05) is 19.6 Å². The van der Waals surface area contributed by atoms with Gasteiger partial charge in [-0.15, -0.1) is 5.10 Å². The molecule has 2 aliphatic rings. The summed E-state index contributed by atoms with van der Waals surface area (Å²) in [6, 6.07) is 17.2. The number of anilines is 2. The Balaban J connectivity index is 1.36. The first-order valence-corrected chi connectivity index (χ1v) is 11.7. The molecule has 7 heteroatoms. The number of pyridine rings is 1. The second-order valence-corrected chi connectivity index (χ2v) is 8.75. The van der Waals surface area contributed by atoms with Crippen LogP contribution in [0.15, 0.2) is 60.8 Å². The second-order valence-electron chi connectivity index (χ2n) is 8.75. The molecule has 6 nitrogen and oxygen atoms in total. The smallest absolute Gasteiger partial charge is 0.154 e. The Bertz CT molecular complexity index is 1280. The molecule has 4 aromatic rings. The molecular formula is C26H26FN6. The lowest BCUT2D eigenvalue weighted by Crippen LogP contribution is -2.30. The quantitative estimate of drug-likeness (QED) is 0.442. The van der Waals surface area contributed by atoms with E-state index in [4.69, 9.17) is 10.1 Å². The standard InChI is InChI=1S/C26H26FN6/c27-20-8-4-7-19(17-20)22-10-6-16-32(22)26-13-12-24-28-18-23(33(24)30-26)21-9-5-11-25(29-21)31-14-2-1-3-15-31/h1,4-5,7-9,11-13,17-18,22H,2-3,6,10,14-16H2. The maximum atomic E-state index is 13.9. The van der Waals surface area contributed by atoms with Crippen molar-refractivity contribution in [2.75, 3.05) is 29.4 Å². The van der Waals surface area contributed by atoms with Crippen LogP contribution in [0.4, 0.5) is 16.0 Å². The molecule has 0 saturated carbocycles. The van der Waals surface area contributed by atoms with Crippen molar-refractivity contribution in [3.63, 3.8) is 0 Å². The lowest BCUT2D eigenvalue weighted by molar-refractivity contribution is 0.617. The van der Waals surface area contributed by atoms with Gasteiger partial charge in [-0.1, -0.05) is 18.2 Å². The van der Waals surface area contributed by atoms with Crippen LogP contribution in [0.2, 0.25) is 0 Å². The summed E-state index contributed by atoms with van der Waals surface area (Å²) in [6.45, 7) is 2.90. The minimum Gasteiger partial charge on any atom is -0.357 e. The van der Waals surface area contributed by atoms with Gasteiger partial charge in [-0.3, -0.25) is 0 Å². The number of piperidine rings is 1. The lowest BCUT2D eigenvalue weighted by Gasteiger charge is -2.27. The summed E-state index contributed by atoms with van der Waals surface area (Å²) in [5.41, 5.74) is 3.52. The van der Waals surface area contributed by atoms with Gasteiger partial charge in [-0.25, -0.2) is 18.9 Å². The molecule has 0 aliphatic carbocycles. The Kier molecular flexibility index (Phi) is 5.17. The molecule has 2 saturated heterocycles. The molecule has 33 heavy (non-hydrogen) atoms. The van der Waals surface area contributed by atoms with Crippen molar-refractivity contribution >= 4 is 17.3 Å². The summed E-state index contributed by atoms with van der Waals surface area (Å²) in [6.07, 6.45) is 8.40. The van der Waals surface area contributed by atoms with Crippen LogP contribution in [-0.4, -0.2) is 39.2 Å². The number of fused-ring (bicyclic) bond motifs is 1. The largest absolute Gasteiger partial charge is 0.357 e. The van der Waals surface area contributed by atoms with Crippen molar-refractivity contribution in [1.29, 1.82) is 0 Å². The molecule has 1 atom stereocenters. The average molecular weight is 442 g/mol. The minimum atomic E-state index is -0.197. The van der Waals surface area contributed by atoms with E-state index in [1.54, 1.807) is 12.1 Å². The highest BCUT2D eigenvalue weighted by molar-refractivity contribution is 5.62. The van der Waals surface area contributed by atoms with Gasteiger partial charge in [0.1, 0.15) is 23.1 Å². The van der Waals surface area contributed by atoms with E-state index in [0.29, 0.717) is 0 Å². The van der Waals surface area contributed by atoms with Crippen molar-refractivity contribution in [2.24, 2.45) is 0 Å². The Labute approximate surface area is 192 Å². The van der Waals surface area contributed by atoms with Crippen LogP contribution in [0.5, 0.6) is 0 Å². The minimum absolute atomic E-state index is 0.120. The summed E-state index contributed by atoms with van der Waals surface area (Å²) in [5.74, 6) is 1.67. The van der Waals surface area contributed by atoms with E-state index >= 15 is 0 Å². The molecular weight excluding hydrogens is 415 g/mol. The number of hydrogen-bond donors (Lipinski definition) is 0. The zero-order valence-electron chi connectivity index (χ0n) is 18.4. The van der Waals surface area contributed by atoms with Gasteiger partial charge in [0.15, 0.2) is 5.65 Å². The van der Waals surface area contributed by atoms with Crippen LogP contribution in [0.25, 0.3) is 17.0 Å². The Hall–Kier alpha value is -3.48. The number of nitrogens with zero attached hydrogens (tertiary/aromatic N) is 6. The third-order valence-corrected chi connectivity index (χ3v) is 6.66. The third kappa shape index (κ3) is 3.81. The number of hydrogen-bond acceptors (Lipinski definition) is 5. The molecule has 0 N–H and O–H groups in total. The van der Waals surface area contributed by atoms with Gasteiger partial charge in [-0.2, -0.15) is 0 Å². The molecule has 0 bridgehead atoms. The van der Waals surface area contributed by atoms with Crippen molar-refractivity contribution in [3.8, 4) is 11.4 Å². The molecule has 0 amide bonds. The van der Waals surface area contributed by atoms with Gasteiger partial charge in [0.05, 0.1) is 17.9 Å². The topological polar surface area (TPSA) is 49.6 Å². The maximum Gasteiger partial charge on any atom is 0.154 e. The van der Waals surface area contributed by atoms with Gasteiger partial charge in [0.2, 0.25) is 0 Å². The van der Waals surface area contributed by atoms with Crippen molar-refractivity contribution in [1.82, 2.24) is 19.6 Å². The van der Waals surface area contributed by atoms with E-state index in [2.05, 4.69) is 33.3 Å². The fraction of sp³-hybridized carbons (Fsp3) is 0.308. The number of imidazole rings is 1. The Morgan fingerprint density at radius 3 is 2.67 bits per heavy atom. The van der Waals surface area contributed by atoms with Gasteiger partial charge < -0.3 is 9.80 Å². The molecule has 0 spiro atoms. The van der Waals surface area contributed by atoms with Crippen LogP contribution >= 0.6 is 0 Å². The maximum absolute atomic E-state index is 13.9. The zero-order valence-corrected chi connectivity index (χ0v) is 18.4. The van der Waals surface area contributed by atoms with Crippen LogP contribution in [-0.2, 0) is 0 Å². The highest BCUT2D eigenvalue weighted by atomic mass is 19.1. The summed E-state index contributed by atoms with van der Waals surface area (Å²) < 4.78 is 15.7. The number of halogens is 1. The average Bonchev–Trinajstić information content (AvgIpc) is 3.52. The predicted molar refractivity (Wildman–Crippen MR) is 128 cm³/mol. The van der Waals surface area contributed by atoms with Crippen LogP contribution in [0.3, 0.4) is 0 Å². The summed E-state index contributed by atoms with van der Waals surface area (Å²) in [7, 11) is 0. The van der Waals surface area contributed by atoms with Crippen molar-refractivity contribution in [3.05, 3.63) is 78.6 Å². The van der Waals surface area contributed by atoms with Gasteiger partial charge >= 0.3 is 0 Å². The van der Waals surface area contributed by atoms with Crippen LogP contribution in [0, 0.1) is 12.2 Å². The van der Waals surface area contributed by atoms with Crippen LogP contribution < -0.4 is 9.80 Å². The van der Waals surface area contributed by atoms with Crippen molar-refractivity contribution < 1.29 is 4.39 Å². The molecule has 1 radical (unpaired) electrons. The van der Waals surface area contributed by atoms with E-state index < -0.39 is 0 Å². The Morgan fingerprint density at radius 2 is 1.79 bits per heavy atom. The fourth-order valence-corrected chi connectivity index (χ4v) is 5.01. The highest BCUT2D eigenvalue weighted by Crippen LogP contribution is 2.35. The first-order chi connectivity index (χ1) is 16.3. The van der Waals surface area contributed by atoms with Gasteiger partial charge in [0.25, 0.3) is 0 Å². The fourth-order valence-electron chi connectivity index (χ4n) is 5.01. The van der Waals surface area contributed by atoms with Gasteiger partial charge in [-0.05, 0) is 74.1 Å². The van der Waals surface area contributed by atoms with E-state index in [1.807, 2.05) is 35.0 Å². The van der Waals surface area contributed by atoms with Crippen molar-refractivity contribution in [2.45, 2.75) is 31.7 Å². The number of benzene rings is 1. The molecule has 2 aliphatic heterocycles. The first-order valence-electron chi connectivity index (χ1n) is 11.7. The van der Waals surface area contributed by atoms with E-state index in [-0.39, 0.29) is 11.9 Å². The Morgan fingerprint density at radius 1 is 0.909 bits per heavy atom. The summed E-state index contributed by atoms with van der Waals surface area (Å²) >= 11 is 0. The molecule has 6 rings (SSSR count). The predicted octanol–water partition coefficient (Wildman–Crippen LogP) is 5.08. The molecule has 1 unspecified atom stereocenters. The molecule has 167 valence electrons. The normalized spacial score (nSPS) is 18.9. The van der Waals surface area contributed by atoms with Crippen LogP contribution in [0.1, 0.15) is 37.3 Å². The SMILES string of the molecule is Fc1cccc(C2CCCN2c2ccc3ncc(-c4cccc(N5CC[CH]CC5)n4)n3n2)c1. The monoisotopic (exact) mass is 441 g/mol. The molecule has 2 fully saturated rings. The van der Waals surface area contributed by atoms with E-state index in [9.17, 15) is 4.39 Å². The summed E-state index contributed by atoms with van der Waals surface area (Å²) in [4.78, 5) is 14.1.